The highest BCUT2D eigenvalue weighted by Crippen LogP contribution is 2.08. The first-order valence-electron chi connectivity index (χ1n) is 4.93. The van der Waals surface area contributed by atoms with Crippen LogP contribution in [0.25, 0.3) is 0 Å². The van der Waals surface area contributed by atoms with Crippen LogP contribution in [0.15, 0.2) is 16.8 Å². The minimum absolute atomic E-state index is 0.625. The lowest BCUT2D eigenvalue weighted by Crippen LogP contribution is -2.26. The molecule has 74 valence electrons. The van der Waals surface area contributed by atoms with Crippen molar-refractivity contribution in [3.05, 3.63) is 22.4 Å². The molecule has 0 spiro atoms. The van der Waals surface area contributed by atoms with Gasteiger partial charge < -0.3 is 5.32 Å². The van der Waals surface area contributed by atoms with Gasteiger partial charge in [-0.05, 0) is 41.7 Å². The van der Waals surface area contributed by atoms with Crippen LogP contribution in [0.4, 0.5) is 0 Å². The Hall–Kier alpha value is -0.340. The van der Waals surface area contributed by atoms with Crippen LogP contribution in [0.5, 0.6) is 0 Å². The highest BCUT2D eigenvalue weighted by Gasteiger charge is 2.03. The first kappa shape index (κ1) is 10.7. The summed E-state index contributed by atoms with van der Waals surface area (Å²) >= 11 is 1.77. The second kappa shape index (κ2) is 5.40. The van der Waals surface area contributed by atoms with Crippen LogP contribution in [0, 0.1) is 5.92 Å². The van der Waals surface area contributed by atoms with Crippen molar-refractivity contribution < 1.29 is 0 Å². The third-order valence-corrected chi connectivity index (χ3v) is 2.79. The fourth-order valence-corrected chi connectivity index (χ4v) is 2.14. The van der Waals surface area contributed by atoms with Gasteiger partial charge in [0.25, 0.3) is 0 Å². The molecule has 0 aliphatic carbocycles. The molecule has 1 aromatic heterocycles. The van der Waals surface area contributed by atoms with Gasteiger partial charge in [0.2, 0.25) is 0 Å². The summed E-state index contributed by atoms with van der Waals surface area (Å²) in [5.74, 6) is 0.782. The molecular weight excluding hydrogens is 178 g/mol. The van der Waals surface area contributed by atoms with E-state index in [2.05, 4.69) is 42.9 Å². The quantitative estimate of drug-likeness (QED) is 0.764. The molecule has 1 atom stereocenters. The molecule has 0 bridgehead atoms. The Morgan fingerprint density at radius 2 is 2.15 bits per heavy atom. The molecule has 0 amide bonds. The lowest BCUT2D eigenvalue weighted by atomic mass is 10.1. The Bertz CT molecular complexity index is 216. The predicted octanol–water partition coefficient (Wildman–Crippen LogP) is 3.27. The summed E-state index contributed by atoms with van der Waals surface area (Å²) in [6.07, 6.45) is 1.25. The highest BCUT2D eigenvalue weighted by molar-refractivity contribution is 7.07. The van der Waals surface area contributed by atoms with E-state index in [0.717, 1.165) is 12.5 Å². The van der Waals surface area contributed by atoms with E-state index in [1.165, 1.54) is 12.0 Å². The number of thiophene rings is 1. The molecule has 1 heterocycles. The maximum Gasteiger partial charge on any atom is 0.0216 e. The minimum Gasteiger partial charge on any atom is -0.310 e. The van der Waals surface area contributed by atoms with Gasteiger partial charge >= 0.3 is 0 Å². The molecule has 0 aliphatic heterocycles. The topological polar surface area (TPSA) is 12.0 Å². The summed E-state index contributed by atoms with van der Waals surface area (Å²) in [6.45, 7) is 7.80. The zero-order chi connectivity index (χ0) is 9.68. The highest BCUT2D eigenvalue weighted by atomic mass is 32.1. The van der Waals surface area contributed by atoms with Gasteiger partial charge in [-0.2, -0.15) is 11.3 Å². The summed E-state index contributed by atoms with van der Waals surface area (Å²) < 4.78 is 0. The van der Waals surface area contributed by atoms with Crippen molar-refractivity contribution in [3.63, 3.8) is 0 Å². The molecule has 0 saturated carbocycles. The largest absolute Gasteiger partial charge is 0.310 e. The Morgan fingerprint density at radius 3 is 2.69 bits per heavy atom. The van der Waals surface area contributed by atoms with Gasteiger partial charge in [-0.15, -0.1) is 0 Å². The summed E-state index contributed by atoms with van der Waals surface area (Å²) in [6, 6.07) is 2.81. The first-order valence-corrected chi connectivity index (χ1v) is 5.87. The maximum absolute atomic E-state index is 3.52. The lowest BCUT2D eigenvalue weighted by Gasteiger charge is -2.15. The summed E-state index contributed by atoms with van der Waals surface area (Å²) in [5.41, 5.74) is 1.40. The fourth-order valence-electron chi connectivity index (χ4n) is 1.48. The molecule has 1 N–H and O–H groups in total. The molecule has 0 radical (unpaired) electrons. The van der Waals surface area contributed by atoms with E-state index in [1.54, 1.807) is 11.3 Å². The van der Waals surface area contributed by atoms with Gasteiger partial charge in [-0.1, -0.05) is 13.8 Å². The van der Waals surface area contributed by atoms with Crippen LogP contribution < -0.4 is 5.32 Å². The fraction of sp³-hybridized carbons (Fsp3) is 0.636. The van der Waals surface area contributed by atoms with Crippen molar-refractivity contribution in [2.24, 2.45) is 5.92 Å². The van der Waals surface area contributed by atoms with Gasteiger partial charge in [-0.3, -0.25) is 0 Å². The van der Waals surface area contributed by atoms with Gasteiger partial charge in [-0.25, -0.2) is 0 Å². The first-order chi connectivity index (χ1) is 6.18. The van der Waals surface area contributed by atoms with Crippen LogP contribution in [-0.2, 0) is 6.54 Å². The molecule has 0 unspecified atom stereocenters. The van der Waals surface area contributed by atoms with Crippen molar-refractivity contribution in [1.82, 2.24) is 5.32 Å². The zero-order valence-electron chi connectivity index (χ0n) is 8.71. The van der Waals surface area contributed by atoms with Crippen molar-refractivity contribution in [3.8, 4) is 0 Å². The van der Waals surface area contributed by atoms with E-state index in [4.69, 9.17) is 0 Å². The van der Waals surface area contributed by atoms with Crippen LogP contribution in [0.1, 0.15) is 32.8 Å². The molecule has 0 fully saturated rings. The van der Waals surface area contributed by atoms with Gasteiger partial charge in [0, 0.05) is 12.6 Å². The molecule has 13 heavy (non-hydrogen) atoms. The lowest BCUT2D eigenvalue weighted by molar-refractivity contribution is 0.442. The maximum atomic E-state index is 3.52. The molecule has 0 aliphatic rings. The Balaban J connectivity index is 2.19. The van der Waals surface area contributed by atoms with Crippen LogP contribution >= 0.6 is 11.3 Å². The monoisotopic (exact) mass is 197 g/mol. The Morgan fingerprint density at radius 1 is 1.38 bits per heavy atom. The van der Waals surface area contributed by atoms with E-state index >= 15 is 0 Å². The summed E-state index contributed by atoms with van der Waals surface area (Å²) in [7, 11) is 0. The normalized spacial score (nSPS) is 13.5. The zero-order valence-corrected chi connectivity index (χ0v) is 9.53. The van der Waals surface area contributed by atoms with Crippen molar-refractivity contribution in [2.75, 3.05) is 0 Å². The number of nitrogens with one attached hydrogen (secondary N) is 1. The third-order valence-electron chi connectivity index (χ3n) is 2.06. The summed E-state index contributed by atoms with van der Waals surface area (Å²) in [4.78, 5) is 0. The second-order valence-corrected chi connectivity index (χ2v) is 4.82. The van der Waals surface area contributed by atoms with Gasteiger partial charge in [0.05, 0.1) is 0 Å². The SMILES string of the molecule is CC(C)C[C@H](C)NCc1ccsc1. The standard InChI is InChI=1S/C11H19NS/c1-9(2)6-10(3)12-7-11-4-5-13-8-11/h4-5,8-10,12H,6-7H2,1-3H3/t10-/m0/s1. The van der Waals surface area contributed by atoms with Crippen LogP contribution in [-0.4, -0.2) is 6.04 Å². The van der Waals surface area contributed by atoms with Gasteiger partial charge in [0.1, 0.15) is 0 Å². The molecular formula is C11H19NS. The Kier molecular flexibility index (Phi) is 4.46. The smallest absolute Gasteiger partial charge is 0.0216 e. The number of hydrogen-bond acceptors (Lipinski definition) is 2. The average Bonchev–Trinajstić information content (AvgIpc) is 2.51. The van der Waals surface area contributed by atoms with Crippen molar-refractivity contribution >= 4 is 11.3 Å². The second-order valence-electron chi connectivity index (χ2n) is 4.04. The molecule has 1 nitrogen and oxygen atoms in total. The molecule has 1 aromatic rings. The molecule has 1 rings (SSSR count). The van der Waals surface area contributed by atoms with E-state index in [9.17, 15) is 0 Å². The van der Waals surface area contributed by atoms with Crippen LogP contribution in [0.3, 0.4) is 0 Å². The van der Waals surface area contributed by atoms with E-state index in [0.29, 0.717) is 6.04 Å². The van der Waals surface area contributed by atoms with Crippen LogP contribution in [0.2, 0.25) is 0 Å². The molecule has 0 saturated heterocycles. The van der Waals surface area contributed by atoms with E-state index < -0.39 is 0 Å². The minimum atomic E-state index is 0.625. The van der Waals surface area contributed by atoms with Gasteiger partial charge in [0.15, 0.2) is 0 Å². The molecule has 0 aromatic carbocycles. The van der Waals surface area contributed by atoms with E-state index in [-0.39, 0.29) is 0 Å². The number of rotatable bonds is 5. The Labute approximate surface area is 85.2 Å². The third kappa shape index (κ3) is 4.44. The van der Waals surface area contributed by atoms with Crippen molar-refractivity contribution in [1.29, 1.82) is 0 Å². The number of hydrogen-bond donors (Lipinski definition) is 1. The molecule has 2 heteroatoms. The van der Waals surface area contributed by atoms with Crippen molar-refractivity contribution in [2.45, 2.75) is 39.8 Å². The summed E-state index contributed by atoms with van der Waals surface area (Å²) in [5, 5.41) is 7.86. The average molecular weight is 197 g/mol. The predicted molar refractivity (Wildman–Crippen MR) is 60.1 cm³/mol. The van der Waals surface area contributed by atoms with E-state index in [1.807, 2.05) is 0 Å².